The molecule has 1 aliphatic heterocycles. The normalized spacial score (nSPS) is 14.2. The highest BCUT2D eigenvalue weighted by Crippen LogP contribution is 2.32. The lowest BCUT2D eigenvalue weighted by Crippen LogP contribution is -2.50. The average Bonchev–Trinajstić information content (AvgIpc) is 2.91. The van der Waals surface area contributed by atoms with Crippen LogP contribution in [-0.4, -0.2) is 57.8 Å². The first kappa shape index (κ1) is 24.4. The molecule has 188 valence electrons. The molecule has 1 fully saturated rings. The summed E-state index contributed by atoms with van der Waals surface area (Å²) < 4.78 is 39.9. The monoisotopic (exact) mass is 504 g/mol. The summed E-state index contributed by atoms with van der Waals surface area (Å²) in [5.74, 6) is -0.924. The van der Waals surface area contributed by atoms with Gasteiger partial charge in [0.05, 0.1) is 11.1 Å². The molecule has 0 N–H and O–H groups in total. The first-order chi connectivity index (χ1) is 17.7. The number of fused-ring (bicyclic) bond motifs is 1. The third kappa shape index (κ3) is 4.76. The summed E-state index contributed by atoms with van der Waals surface area (Å²) in [5.41, 5.74) is 2.60. The molecule has 6 nitrogen and oxygen atoms in total. The molecule has 0 saturated carbocycles. The van der Waals surface area contributed by atoms with Crippen molar-refractivity contribution in [1.29, 1.82) is 0 Å². The van der Waals surface area contributed by atoms with Crippen molar-refractivity contribution in [3.8, 4) is 11.1 Å². The predicted octanol–water partition coefficient (Wildman–Crippen LogP) is 5.22. The molecule has 37 heavy (non-hydrogen) atoms. The molecule has 1 saturated heterocycles. The quantitative estimate of drug-likeness (QED) is 0.384. The van der Waals surface area contributed by atoms with Gasteiger partial charge >= 0.3 is 6.18 Å². The summed E-state index contributed by atoms with van der Waals surface area (Å²) in [6, 6.07) is 17.8. The maximum absolute atomic E-state index is 13.3. The van der Waals surface area contributed by atoms with Crippen LogP contribution >= 0.6 is 0 Å². The lowest BCUT2D eigenvalue weighted by atomic mass is 9.96. The van der Waals surface area contributed by atoms with E-state index < -0.39 is 23.3 Å². The van der Waals surface area contributed by atoms with E-state index in [4.69, 9.17) is 0 Å². The molecule has 5 rings (SSSR count). The van der Waals surface area contributed by atoms with Gasteiger partial charge in [0.1, 0.15) is 0 Å². The molecule has 0 bridgehead atoms. The van der Waals surface area contributed by atoms with Crippen molar-refractivity contribution in [3.05, 3.63) is 95.4 Å². The third-order valence-corrected chi connectivity index (χ3v) is 6.56. The van der Waals surface area contributed by atoms with Crippen LogP contribution in [0.4, 0.5) is 13.2 Å². The molecular formula is C28H23F3N4O2. The maximum atomic E-state index is 13.3. The van der Waals surface area contributed by atoms with Crippen LogP contribution in [0.15, 0.2) is 73.1 Å². The molecule has 0 aliphatic carbocycles. The van der Waals surface area contributed by atoms with Gasteiger partial charge in [0.15, 0.2) is 5.69 Å². The summed E-state index contributed by atoms with van der Waals surface area (Å²) in [5, 5.41) is 1.03. The van der Waals surface area contributed by atoms with Crippen molar-refractivity contribution in [1.82, 2.24) is 19.8 Å². The number of nitrogens with zero attached hydrogens (tertiary/aromatic N) is 4. The minimum Gasteiger partial charge on any atom is -0.335 e. The van der Waals surface area contributed by atoms with E-state index in [0.717, 1.165) is 39.9 Å². The number of aromatic nitrogens is 2. The Morgan fingerprint density at radius 3 is 2.14 bits per heavy atom. The van der Waals surface area contributed by atoms with E-state index in [1.54, 1.807) is 17.2 Å². The van der Waals surface area contributed by atoms with Crippen molar-refractivity contribution in [2.75, 3.05) is 26.2 Å². The van der Waals surface area contributed by atoms with E-state index in [1.165, 1.54) is 11.0 Å². The largest absolute Gasteiger partial charge is 0.434 e. The van der Waals surface area contributed by atoms with Gasteiger partial charge in [0, 0.05) is 55.1 Å². The summed E-state index contributed by atoms with van der Waals surface area (Å²) in [6.45, 7) is 2.65. The number of carbonyl (C=O) groups is 2. The number of hydrogen-bond acceptors (Lipinski definition) is 4. The van der Waals surface area contributed by atoms with Crippen LogP contribution in [0.1, 0.15) is 32.0 Å². The average molecular weight is 505 g/mol. The third-order valence-electron chi connectivity index (χ3n) is 6.56. The number of carbonyl (C=O) groups excluding carboxylic acids is 2. The standard InChI is InChI=1S/C28H23F3N4O2/c1-18-17-20(9-10-21(18)22-7-2-5-19-6-3-11-32-24(19)22)26(36)34-13-15-35(16-14-34)27(37)23-8-4-12-33-25(23)28(29,30)31/h2-12,17H,13-16H2,1H3. The number of amides is 2. The lowest BCUT2D eigenvalue weighted by Gasteiger charge is -2.35. The summed E-state index contributed by atoms with van der Waals surface area (Å²) in [6.07, 6.45) is -1.96. The second-order valence-corrected chi connectivity index (χ2v) is 8.89. The molecule has 9 heteroatoms. The number of aryl methyl sites for hydroxylation is 1. The van der Waals surface area contributed by atoms with Gasteiger partial charge in [-0.1, -0.05) is 30.3 Å². The van der Waals surface area contributed by atoms with E-state index in [1.807, 2.05) is 49.4 Å². The Balaban J connectivity index is 1.30. The summed E-state index contributed by atoms with van der Waals surface area (Å²) in [7, 11) is 0. The van der Waals surface area contributed by atoms with Crippen molar-refractivity contribution >= 4 is 22.7 Å². The van der Waals surface area contributed by atoms with E-state index in [-0.39, 0.29) is 32.1 Å². The van der Waals surface area contributed by atoms with Crippen LogP contribution in [0.3, 0.4) is 0 Å². The van der Waals surface area contributed by atoms with E-state index in [0.29, 0.717) is 5.56 Å². The molecule has 0 radical (unpaired) electrons. The Morgan fingerprint density at radius 1 is 0.784 bits per heavy atom. The maximum Gasteiger partial charge on any atom is 0.434 e. The second kappa shape index (κ2) is 9.65. The molecule has 2 aromatic heterocycles. The topological polar surface area (TPSA) is 66.4 Å². The number of benzene rings is 2. The van der Waals surface area contributed by atoms with Gasteiger partial charge in [-0.05, 0) is 48.4 Å². The fourth-order valence-corrected chi connectivity index (χ4v) is 4.69. The number of hydrogen-bond donors (Lipinski definition) is 0. The summed E-state index contributed by atoms with van der Waals surface area (Å²) >= 11 is 0. The minimum absolute atomic E-state index is 0.134. The molecule has 2 aromatic carbocycles. The highest BCUT2D eigenvalue weighted by atomic mass is 19.4. The van der Waals surface area contributed by atoms with Gasteiger partial charge in [-0.25, -0.2) is 0 Å². The van der Waals surface area contributed by atoms with Crippen LogP contribution in [0, 0.1) is 6.92 Å². The number of para-hydroxylation sites is 1. The fraction of sp³-hybridized carbons (Fsp3) is 0.214. The van der Waals surface area contributed by atoms with Crippen molar-refractivity contribution in [3.63, 3.8) is 0 Å². The number of halogens is 3. The zero-order valence-corrected chi connectivity index (χ0v) is 20.0. The van der Waals surface area contributed by atoms with Crippen molar-refractivity contribution in [2.45, 2.75) is 13.1 Å². The zero-order valence-electron chi connectivity index (χ0n) is 20.0. The first-order valence-corrected chi connectivity index (χ1v) is 11.8. The van der Waals surface area contributed by atoms with Crippen LogP contribution in [-0.2, 0) is 6.18 Å². The van der Waals surface area contributed by atoms with E-state index in [2.05, 4.69) is 9.97 Å². The van der Waals surface area contributed by atoms with Crippen LogP contribution in [0.25, 0.3) is 22.0 Å². The Kier molecular flexibility index (Phi) is 6.37. The fourth-order valence-electron chi connectivity index (χ4n) is 4.69. The molecule has 0 atom stereocenters. The molecule has 2 amide bonds. The highest BCUT2D eigenvalue weighted by molar-refractivity contribution is 5.98. The highest BCUT2D eigenvalue weighted by Gasteiger charge is 2.38. The second-order valence-electron chi connectivity index (χ2n) is 8.89. The molecular weight excluding hydrogens is 481 g/mol. The van der Waals surface area contributed by atoms with Gasteiger partial charge < -0.3 is 9.80 Å². The predicted molar refractivity (Wildman–Crippen MR) is 133 cm³/mol. The van der Waals surface area contributed by atoms with E-state index >= 15 is 0 Å². The van der Waals surface area contributed by atoms with Crippen LogP contribution in [0.2, 0.25) is 0 Å². The molecule has 4 aromatic rings. The van der Waals surface area contributed by atoms with Crippen molar-refractivity contribution < 1.29 is 22.8 Å². The smallest absolute Gasteiger partial charge is 0.335 e. The molecule has 0 unspecified atom stereocenters. The van der Waals surface area contributed by atoms with E-state index in [9.17, 15) is 22.8 Å². The molecule has 0 spiro atoms. The lowest BCUT2D eigenvalue weighted by molar-refractivity contribution is -0.141. The van der Waals surface area contributed by atoms with Crippen LogP contribution < -0.4 is 0 Å². The Labute approximate surface area is 211 Å². The van der Waals surface area contributed by atoms with Gasteiger partial charge in [-0.3, -0.25) is 19.6 Å². The molecule has 3 heterocycles. The Bertz CT molecular complexity index is 1490. The summed E-state index contributed by atoms with van der Waals surface area (Å²) in [4.78, 5) is 36.8. The van der Waals surface area contributed by atoms with Crippen LogP contribution in [0.5, 0.6) is 0 Å². The molecule has 1 aliphatic rings. The number of piperazine rings is 1. The van der Waals surface area contributed by atoms with Gasteiger partial charge in [0.25, 0.3) is 11.8 Å². The van der Waals surface area contributed by atoms with Crippen molar-refractivity contribution in [2.24, 2.45) is 0 Å². The number of pyridine rings is 2. The number of rotatable bonds is 3. The minimum atomic E-state index is -4.73. The zero-order chi connectivity index (χ0) is 26.2. The SMILES string of the molecule is Cc1cc(C(=O)N2CCN(C(=O)c3cccnc3C(F)(F)F)CC2)ccc1-c1cccc2cccnc12. The Hall–Kier alpha value is -4.27. The van der Waals surface area contributed by atoms with Gasteiger partial charge in [0.2, 0.25) is 0 Å². The Morgan fingerprint density at radius 2 is 1.43 bits per heavy atom. The first-order valence-electron chi connectivity index (χ1n) is 11.8. The number of alkyl halides is 3. The van der Waals surface area contributed by atoms with Gasteiger partial charge in [-0.15, -0.1) is 0 Å². The van der Waals surface area contributed by atoms with Gasteiger partial charge in [-0.2, -0.15) is 13.2 Å².